The van der Waals surface area contributed by atoms with Crippen LogP contribution in [0.5, 0.6) is 0 Å². The van der Waals surface area contributed by atoms with Crippen molar-refractivity contribution in [1.82, 2.24) is 0 Å². The largest absolute Gasteiger partial charge is 0.462 e. The smallest absolute Gasteiger partial charge is 0.338 e. The SMILES string of the molecule is CCOC(=O)c1ccc(NC(=O)c2sc3[nH+]c(N4CCOCC4)c4c(c3c2N)CCCC4)cc1. The van der Waals surface area contributed by atoms with Crippen molar-refractivity contribution in [2.24, 2.45) is 0 Å². The van der Waals surface area contributed by atoms with E-state index in [1.54, 1.807) is 31.2 Å². The number of nitrogens with zero attached hydrogens (tertiary/aromatic N) is 1. The maximum absolute atomic E-state index is 13.2. The number of carbonyl (C=O) groups excluding carboxylic acids is 2. The van der Waals surface area contributed by atoms with Gasteiger partial charge in [-0.05, 0) is 62.4 Å². The zero-order valence-corrected chi connectivity index (χ0v) is 20.1. The molecule has 0 radical (unpaired) electrons. The number of nitrogens with two attached hydrogens (primary N) is 1. The highest BCUT2D eigenvalue weighted by Gasteiger charge is 2.31. The maximum atomic E-state index is 13.2. The fraction of sp³-hybridized carbons (Fsp3) is 0.400. The molecule has 3 heterocycles. The fourth-order valence-electron chi connectivity index (χ4n) is 4.77. The van der Waals surface area contributed by atoms with Gasteiger partial charge in [0.25, 0.3) is 11.7 Å². The predicted octanol–water partition coefficient (Wildman–Crippen LogP) is 3.44. The molecule has 1 aliphatic heterocycles. The lowest BCUT2D eigenvalue weighted by molar-refractivity contribution is -0.328. The van der Waals surface area contributed by atoms with Crippen LogP contribution in [0.1, 0.15) is 50.9 Å². The van der Waals surface area contributed by atoms with Gasteiger partial charge in [0.15, 0.2) is 4.83 Å². The second-order valence-electron chi connectivity index (χ2n) is 8.54. The molecule has 34 heavy (non-hydrogen) atoms. The van der Waals surface area contributed by atoms with Gasteiger partial charge in [-0.1, -0.05) is 11.3 Å². The van der Waals surface area contributed by atoms with Crippen LogP contribution in [-0.4, -0.2) is 44.8 Å². The zero-order chi connectivity index (χ0) is 23.7. The Morgan fingerprint density at radius 2 is 1.85 bits per heavy atom. The first-order valence-corrected chi connectivity index (χ1v) is 12.6. The van der Waals surface area contributed by atoms with Crippen molar-refractivity contribution in [2.75, 3.05) is 48.9 Å². The number of amides is 1. The number of anilines is 3. The van der Waals surface area contributed by atoms with Gasteiger partial charge in [0.05, 0.1) is 36.5 Å². The number of aryl methyl sites for hydroxylation is 1. The number of nitrogen functional groups attached to an aromatic ring is 1. The average molecular weight is 482 g/mol. The number of ether oxygens (including phenoxy) is 2. The molecule has 2 aliphatic rings. The van der Waals surface area contributed by atoms with Crippen LogP contribution >= 0.6 is 11.3 Å². The summed E-state index contributed by atoms with van der Waals surface area (Å²) in [6.07, 6.45) is 4.26. The van der Waals surface area contributed by atoms with E-state index < -0.39 is 0 Å². The minimum absolute atomic E-state index is 0.256. The highest BCUT2D eigenvalue weighted by atomic mass is 32.1. The number of thiophene rings is 1. The molecule has 4 N–H and O–H groups in total. The molecule has 1 fully saturated rings. The lowest BCUT2D eigenvalue weighted by Crippen LogP contribution is -2.40. The van der Waals surface area contributed by atoms with E-state index in [9.17, 15) is 9.59 Å². The molecule has 2 aromatic heterocycles. The van der Waals surface area contributed by atoms with E-state index in [0.717, 1.165) is 68.0 Å². The summed E-state index contributed by atoms with van der Waals surface area (Å²) >= 11 is 1.39. The number of H-pyrrole nitrogens is 1. The third-order valence-electron chi connectivity index (χ3n) is 6.42. The predicted molar refractivity (Wildman–Crippen MR) is 133 cm³/mol. The van der Waals surface area contributed by atoms with Gasteiger partial charge < -0.3 is 20.5 Å². The van der Waals surface area contributed by atoms with Crippen LogP contribution in [0.2, 0.25) is 0 Å². The van der Waals surface area contributed by atoms with Crippen LogP contribution < -0.4 is 20.9 Å². The number of hydrogen-bond donors (Lipinski definition) is 2. The number of aromatic nitrogens is 1. The van der Waals surface area contributed by atoms with E-state index in [1.807, 2.05) is 0 Å². The molecule has 8 nitrogen and oxygen atoms in total. The van der Waals surface area contributed by atoms with Crippen molar-refractivity contribution in [1.29, 1.82) is 0 Å². The van der Waals surface area contributed by atoms with Crippen LogP contribution in [-0.2, 0) is 22.3 Å². The molecule has 5 rings (SSSR count). The number of carbonyl (C=O) groups is 2. The van der Waals surface area contributed by atoms with E-state index >= 15 is 0 Å². The topological polar surface area (TPSA) is 108 Å². The van der Waals surface area contributed by atoms with Crippen LogP contribution in [0.25, 0.3) is 10.2 Å². The monoisotopic (exact) mass is 481 g/mol. The van der Waals surface area contributed by atoms with Gasteiger partial charge in [-0.15, -0.1) is 0 Å². The molecule has 1 aliphatic carbocycles. The Kier molecular flexibility index (Phi) is 6.38. The van der Waals surface area contributed by atoms with Crippen molar-refractivity contribution in [3.05, 3.63) is 45.8 Å². The van der Waals surface area contributed by atoms with Gasteiger partial charge >= 0.3 is 5.97 Å². The van der Waals surface area contributed by atoms with E-state index in [1.165, 1.54) is 22.5 Å². The van der Waals surface area contributed by atoms with Crippen molar-refractivity contribution < 1.29 is 24.0 Å². The first kappa shape index (κ1) is 22.6. The molecule has 0 bridgehead atoms. The molecule has 1 aromatic carbocycles. The molecule has 0 spiro atoms. The summed E-state index contributed by atoms with van der Waals surface area (Å²) in [4.78, 5) is 32.4. The number of esters is 1. The van der Waals surface area contributed by atoms with E-state index in [0.29, 0.717) is 28.4 Å². The van der Waals surface area contributed by atoms with Crippen LogP contribution in [0.3, 0.4) is 0 Å². The lowest BCUT2D eigenvalue weighted by Gasteiger charge is -2.26. The molecule has 3 aromatic rings. The molecule has 9 heteroatoms. The third-order valence-corrected chi connectivity index (χ3v) is 7.54. The summed E-state index contributed by atoms with van der Waals surface area (Å²) in [7, 11) is 0. The van der Waals surface area contributed by atoms with Gasteiger partial charge in [0, 0.05) is 11.3 Å². The fourth-order valence-corrected chi connectivity index (χ4v) is 5.82. The molecule has 178 valence electrons. The van der Waals surface area contributed by atoms with Gasteiger partial charge in [-0.2, -0.15) is 0 Å². The van der Waals surface area contributed by atoms with E-state index in [-0.39, 0.29) is 11.9 Å². The summed E-state index contributed by atoms with van der Waals surface area (Å²) in [5, 5.41) is 3.90. The molecule has 0 unspecified atom stereocenters. The summed E-state index contributed by atoms with van der Waals surface area (Å²) in [5.41, 5.74) is 10.7. The molecular formula is C25H29N4O4S+. The molecule has 1 amide bonds. The highest BCUT2D eigenvalue weighted by Crippen LogP contribution is 2.40. The third kappa shape index (κ3) is 4.21. The van der Waals surface area contributed by atoms with E-state index in [2.05, 4.69) is 15.2 Å². The summed E-state index contributed by atoms with van der Waals surface area (Å²) in [6, 6.07) is 6.66. The van der Waals surface area contributed by atoms with Gasteiger partial charge in [0.2, 0.25) is 0 Å². The summed E-state index contributed by atoms with van der Waals surface area (Å²) in [5.74, 6) is 0.507. The number of nitrogens with one attached hydrogen (secondary N) is 2. The molecule has 0 saturated carbocycles. The number of hydrogen-bond acceptors (Lipinski definition) is 7. The Balaban J connectivity index is 1.46. The zero-order valence-electron chi connectivity index (χ0n) is 19.2. The first-order valence-electron chi connectivity index (χ1n) is 11.8. The Hall–Kier alpha value is -3.17. The van der Waals surface area contributed by atoms with Crippen LogP contribution in [0.4, 0.5) is 17.2 Å². The minimum Gasteiger partial charge on any atom is -0.462 e. The van der Waals surface area contributed by atoms with Crippen LogP contribution in [0.15, 0.2) is 24.3 Å². The van der Waals surface area contributed by atoms with Crippen molar-refractivity contribution in [2.45, 2.75) is 32.6 Å². The number of morpholine rings is 1. The first-order chi connectivity index (χ1) is 16.6. The standard InChI is InChI=1S/C25H28N4O4S/c1-2-33-25(31)15-7-9-16(10-8-15)27-23(30)21-20(26)19-17-5-3-4-6-18(17)22(28-24(19)34-21)29-11-13-32-14-12-29/h7-10H,2-6,11-14,26H2,1H3,(H,27,30)/p+1. The average Bonchev–Trinajstić information content (AvgIpc) is 3.21. The maximum Gasteiger partial charge on any atom is 0.338 e. The molecular weight excluding hydrogens is 452 g/mol. The minimum atomic E-state index is -0.384. The van der Waals surface area contributed by atoms with Crippen molar-refractivity contribution in [3.8, 4) is 0 Å². The van der Waals surface area contributed by atoms with Gasteiger partial charge in [-0.3, -0.25) is 9.69 Å². The summed E-state index contributed by atoms with van der Waals surface area (Å²) in [6.45, 7) is 5.22. The normalized spacial score (nSPS) is 15.7. The molecule has 0 atom stereocenters. The Morgan fingerprint density at radius 3 is 2.56 bits per heavy atom. The second-order valence-corrected chi connectivity index (χ2v) is 9.56. The van der Waals surface area contributed by atoms with Gasteiger partial charge in [-0.25, -0.2) is 9.78 Å². The highest BCUT2D eigenvalue weighted by molar-refractivity contribution is 7.21. The van der Waals surface area contributed by atoms with Crippen molar-refractivity contribution >= 4 is 50.6 Å². The molecule has 1 saturated heterocycles. The summed E-state index contributed by atoms with van der Waals surface area (Å²) < 4.78 is 10.6. The number of rotatable bonds is 5. The van der Waals surface area contributed by atoms with E-state index in [4.69, 9.17) is 15.2 Å². The van der Waals surface area contributed by atoms with Crippen LogP contribution in [0, 0.1) is 0 Å². The number of pyridine rings is 1. The lowest BCUT2D eigenvalue weighted by atomic mass is 9.89. The van der Waals surface area contributed by atoms with Gasteiger partial charge in [0.1, 0.15) is 18.0 Å². The number of fused-ring (bicyclic) bond motifs is 3. The van der Waals surface area contributed by atoms with Crippen molar-refractivity contribution in [3.63, 3.8) is 0 Å². The quantitative estimate of drug-likeness (QED) is 0.541. The Bertz CT molecular complexity index is 1230. The second kappa shape index (κ2) is 9.60. The number of aromatic amines is 1. The Labute approximate surface area is 202 Å². The Morgan fingerprint density at radius 1 is 1.15 bits per heavy atom. The number of benzene rings is 1.